The molecule has 0 unspecified atom stereocenters. The molecular formula is C17H17BrN2. The molecule has 0 N–H and O–H groups in total. The van der Waals surface area contributed by atoms with Crippen LogP contribution in [0.4, 0.5) is 0 Å². The van der Waals surface area contributed by atoms with Crippen LogP contribution in [0.2, 0.25) is 0 Å². The molecule has 0 radical (unpaired) electrons. The summed E-state index contributed by atoms with van der Waals surface area (Å²) in [6.07, 6.45) is 3.14. The average Bonchev–Trinajstić information content (AvgIpc) is 2.74. The second-order valence-electron chi connectivity index (χ2n) is 5.15. The van der Waals surface area contributed by atoms with Crippen molar-refractivity contribution in [2.45, 2.75) is 26.8 Å². The lowest BCUT2D eigenvalue weighted by molar-refractivity contribution is 0.687. The Morgan fingerprint density at radius 2 is 1.90 bits per heavy atom. The first-order chi connectivity index (χ1) is 9.65. The Kier molecular flexibility index (Phi) is 3.62. The number of aryl methyl sites for hydroxylation is 3. The summed E-state index contributed by atoms with van der Waals surface area (Å²) >= 11 is 3.60. The van der Waals surface area contributed by atoms with Gasteiger partial charge in [0.15, 0.2) is 0 Å². The molecule has 0 spiro atoms. The van der Waals surface area contributed by atoms with Gasteiger partial charge in [0.2, 0.25) is 0 Å². The lowest BCUT2D eigenvalue weighted by Gasteiger charge is -2.13. The van der Waals surface area contributed by atoms with E-state index in [9.17, 15) is 0 Å². The van der Waals surface area contributed by atoms with Crippen LogP contribution in [0.3, 0.4) is 0 Å². The number of aromatic nitrogens is 2. The fourth-order valence-electron chi connectivity index (χ4n) is 2.51. The van der Waals surface area contributed by atoms with E-state index in [1.54, 1.807) is 0 Å². The third-order valence-electron chi connectivity index (χ3n) is 3.78. The van der Waals surface area contributed by atoms with Crippen molar-refractivity contribution in [1.29, 1.82) is 0 Å². The molecule has 3 rings (SSSR count). The molecule has 102 valence electrons. The minimum absolute atomic E-state index is 0.940. The van der Waals surface area contributed by atoms with Crippen LogP contribution in [0, 0.1) is 13.8 Å². The van der Waals surface area contributed by atoms with E-state index in [-0.39, 0.29) is 0 Å². The molecule has 2 aliphatic heterocycles. The molecule has 0 saturated carbocycles. The van der Waals surface area contributed by atoms with Crippen molar-refractivity contribution in [1.82, 2.24) is 9.55 Å². The molecule has 3 heteroatoms. The number of hydrogen-bond acceptors (Lipinski definition) is 1. The first-order valence-corrected chi connectivity index (χ1v) is 7.61. The number of nitrogens with zero attached hydrogens (tertiary/aromatic N) is 2. The highest BCUT2D eigenvalue weighted by molar-refractivity contribution is 9.10. The monoisotopic (exact) mass is 328 g/mol. The van der Waals surface area contributed by atoms with Gasteiger partial charge >= 0.3 is 0 Å². The van der Waals surface area contributed by atoms with Gasteiger partial charge in [-0.05, 0) is 53.4 Å². The summed E-state index contributed by atoms with van der Waals surface area (Å²) in [5, 5.41) is 0. The van der Waals surface area contributed by atoms with Gasteiger partial charge in [-0.15, -0.1) is 0 Å². The Bertz CT molecular complexity index is 701. The smallest absolute Gasteiger partial charge is 0.140 e. The first kappa shape index (κ1) is 13.4. The van der Waals surface area contributed by atoms with E-state index in [0.717, 1.165) is 29.0 Å². The minimum Gasteiger partial charge on any atom is -0.331 e. The third kappa shape index (κ3) is 2.50. The average molecular weight is 329 g/mol. The predicted octanol–water partition coefficient (Wildman–Crippen LogP) is 4.61. The molecule has 2 nitrogen and oxygen atoms in total. The lowest BCUT2D eigenvalue weighted by atomic mass is 10.1. The summed E-state index contributed by atoms with van der Waals surface area (Å²) in [5.74, 6) is 1.08. The van der Waals surface area contributed by atoms with Gasteiger partial charge in [0.25, 0.3) is 0 Å². The van der Waals surface area contributed by atoms with Gasteiger partial charge in [0, 0.05) is 28.5 Å². The lowest BCUT2D eigenvalue weighted by Crippen LogP contribution is -2.06. The Hall–Kier alpha value is -1.61. The molecule has 0 aromatic heterocycles. The fourth-order valence-corrected chi connectivity index (χ4v) is 2.98. The zero-order valence-corrected chi connectivity index (χ0v) is 13.3. The van der Waals surface area contributed by atoms with E-state index in [0.29, 0.717) is 0 Å². The number of hydrogen-bond donors (Lipinski definition) is 0. The number of halogens is 1. The minimum atomic E-state index is 0.940. The van der Waals surface area contributed by atoms with Crippen molar-refractivity contribution in [3.05, 3.63) is 63.9 Å². The molecule has 2 aliphatic rings. The van der Waals surface area contributed by atoms with Gasteiger partial charge in [0.1, 0.15) is 5.82 Å². The van der Waals surface area contributed by atoms with Crippen molar-refractivity contribution in [3.8, 4) is 11.4 Å². The molecule has 1 aromatic rings. The second-order valence-corrected chi connectivity index (χ2v) is 6.06. The first-order valence-electron chi connectivity index (χ1n) is 6.81. The zero-order valence-electron chi connectivity index (χ0n) is 11.7. The van der Waals surface area contributed by atoms with E-state index >= 15 is 0 Å². The normalized spacial score (nSPS) is 11.2. The summed E-state index contributed by atoms with van der Waals surface area (Å²) in [6.45, 7) is 5.15. The van der Waals surface area contributed by atoms with Gasteiger partial charge < -0.3 is 4.57 Å². The third-order valence-corrected chi connectivity index (χ3v) is 4.21. The summed E-state index contributed by atoms with van der Waals surface area (Å²) in [7, 11) is 0. The molecule has 0 saturated heterocycles. The number of pyridine rings is 1. The SMILES string of the molecule is Cc1nc2n(CCc3ccccc3)cc(Br)cc-2c1C. The zero-order chi connectivity index (χ0) is 14.1. The van der Waals surface area contributed by atoms with Crippen LogP contribution >= 0.6 is 15.9 Å². The molecule has 20 heavy (non-hydrogen) atoms. The van der Waals surface area contributed by atoms with E-state index in [4.69, 9.17) is 4.98 Å². The van der Waals surface area contributed by atoms with Crippen LogP contribution in [0.15, 0.2) is 47.1 Å². The van der Waals surface area contributed by atoms with Crippen molar-refractivity contribution in [2.24, 2.45) is 0 Å². The number of benzene rings is 1. The second kappa shape index (κ2) is 5.41. The van der Waals surface area contributed by atoms with Crippen LogP contribution in [0.5, 0.6) is 0 Å². The largest absolute Gasteiger partial charge is 0.331 e. The van der Waals surface area contributed by atoms with Gasteiger partial charge in [-0.25, -0.2) is 4.98 Å². The van der Waals surface area contributed by atoms with Crippen LogP contribution < -0.4 is 0 Å². The van der Waals surface area contributed by atoms with Crippen LogP contribution in [0.25, 0.3) is 11.4 Å². The summed E-state index contributed by atoms with van der Waals surface area (Å²) < 4.78 is 3.35. The summed E-state index contributed by atoms with van der Waals surface area (Å²) in [6, 6.07) is 12.7. The van der Waals surface area contributed by atoms with E-state index in [1.165, 1.54) is 16.7 Å². The number of rotatable bonds is 3. The summed E-state index contributed by atoms with van der Waals surface area (Å²) in [5.41, 5.74) is 4.99. The Morgan fingerprint density at radius 3 is 2.65 bits per heavy atom. The Morgan fingerprint density at radius 1 is 1.15 bits per heavy atom. The number of fused-ring (bicyclic) bond motifs is 1. The van der Waals surface area contributed by atoms with Crippen molar-refractivity contribution < 1.29 is 0 Å². The van der Waals surface area contributed by atoms with E-state index < -0.39 is 0 Å². The highest BCUT2D eigenvalue weighted by atomic mass is 79.9. The van der Waals surface area contributed by atoms with E-state index in [2.05, 4.69) is 76.9 Å². The fraction of sp³-hybridized carbons (Fsp3) is 0.235. The Balaban J connectivity index is 1.93. The molecule has 1 aromatic carbocycles. The van der Waals surface area contributed by atoms with Gasteiger partial charge in [-0.2, -0.15) is 0 Å². The molecule has 0 atom stereocenters. The van der Waals surface area contributed by atoms with Crippen LogP contribution in [0.1, 0.15) is 16.8 Å². The molecule has 2 heterocycles. The molecule has 0 fully saturated rings. The standard InChI is InChI=1S/C17H17BrN2/c1-12-13(2)19-17-16(12)10-15(18)11-20(17)9-8-14-6-4-3-5-7-14/h3-7,10-11H,8-9H2,1-2H3. The van der Waals surface area contributed by atoms with Gasteiger partial charge in [-0.1, -0.05) is 30.3 Å². The van der Waals surface area contributed by atoms with Gasteiger partial charge in [-0.3, -0.25) is 0 Å². The maximum atomic E-state index is 4.71. The quantitative estimate of drug-likeness (QED) is 0.686. The topological polar surface area (TPSA) is 17.8 Å². The highest BCUT2D eigenvalue weighted by Gasteiger charge is 2.16. The van der Waals surface area contributed by atoms with E-state index in [1.807, 2.05) is 0 Å². The molecule has 0 aliphatic carbocycles. The van der Waals surface area contributed by atoms with Crippen molar-refractivity contribution >= 4 is 15.9 Å². The molecular weight excluding hydrogens is 312 g/mol. The maximum Gasteiger partial charge on any atom is 0.140 e. The van der Waals surface area contributed by atoms with Crippen LogP contribution in [-0.2, 0) is 13.0 Å². The van der Waals surface area contributed by atoms with Crippen molar-refractivity contribution in [3.63, 3.8) is 0 Å². The Labute approximate surface area is 127 Å². The molecule has 0 bridgehead atoms. The molecule has 0 amide bonds. The highest BCUT2D eigenvalue weighted by Crippen LogP contribution is 2.30. The van der Waals surface area contributed by atoms with Crippen molar-refractivity contribution in [2.75, 3.05) is 0 Å². The summed E-state index contributed by atoms with van der Waals surface area (Å²) in [4.78, 5) is 4.71. The van der Waals surface area contributed by atoms with Crippen LogP contribution in [-0.4, -0.2) is 9.55 Å². The predicted molar refractivity (Wildman–Crippen MR) is 86.2 cm³/mol. The maximum absolute atomic E-state index is 4.71. The van der Waals surface area contributed by atoms with Gasteiger partial charge in [0.05, 0.1) is 0 Å².